The van der Waals surface area contributed by atoms with Crippen molar-refractivity contribution in [3.05, 3.63) is 89.5 Å². The highest BCUT2D eigenvalue weighted by Gasteiger charge is 2.34. The van der Waals surface area contributed by atoms with Crippen LogP contribution in [0.4, 0.5) is 5.69 Å². The predicted octanol–water partition coefficient (Wildman–Crippen LogP) is 5.23. The fourth-order valence-electron chi connectivity index (χ4n) is 4.61. The maximum Gasteiger partial charge on any atom is 0.264 e. The number of benzene rings is 3. The summed E-state index contributed by atoms with van der Waals surface area (Å²) in [4.78, 5) is 29.1. The van der Waals surface area contributed by atoms with Crippen molar-refractivity contribution < 1.29 is 22.7 Å². The highest BCUT2D eigenvalue weighted by atomic mass is 32.2. The van der Waals surface area contributed by atoms with Crippen molar-refractivity contribution in [1.29, 1.82) is 0 Å². The lowest BCUT2D eigenvalue weighted by molar-refractivity contribution is -0.140. The zero-order valence-corrected chi connectivity index (χ0v) is 25.6. The van der Waals surface area contributed by atoms with Gasteiger partial charge in [0.1, 0.15) is 18.3 Å². The lowest BCUT2D eigenvalue weighted by atomic mass is 10.1. The van der Waals surface area contributed by atoms with Crippen molar-refractivity contribution in [2.75, 3.05) is 18.0 Å². The number of hydrogen-bond donors (Lipinski definition) is 1. The molecule has 3 aromatic rings. The van der Waals surface area contributed by atoms with E-state index in [0.29, 0.717) is 17.9 Å². The number of amides is 2. The first kappa shape index (κ1) is 31.7. The first-order chi connectivity index (χ1) is 19.5. The van der Waals surface area contributed by atoms with Gasteiger partial charge in [-0.15, -0.1) is 0 Å². The van der Waals surface area contributed by atoms with E-state index in [1.807, 2.05) is 58.9 Å². The second-order valence-corrected chi connectivity index (χ2v) is 12.1. The SMILES string of the molecule is CC[C@H](C)NC(=O)[C@H](CC)N(Cc1ccc(OC)cc1)C(=O)CN(c1ccc(C)cc1C)S(=O)(=O)c1ccccc1. The largest absolute Gasteiger partial charge is 0.497 e. The summed E-state index contributed by atoms with van der Waals surface area (Å²) in [7, 11) is -2.53. The molecule has 0 saturated heterocycles. The predicted molar refractivity (Wildman–Crippen MR) is 162 cm³/mol. The van der Waals surface area contributed by atoms with Gasteiger partial charge in [-0.2, -0.15) is 0 Å². The molecule has 8 nitrogen and oxygen atoms in total. The lowest BCUT2D eigenvalue weighted by Crippen LogP contribution is -2.53. The van der Waals surface area contributed by atoms with Gasteiger partial charge in [0, 0.05) is 12.6 Å². The van der Waals surface area contributed by atoms with Crippen LogP contribution in [0.5, 0.6) is 5.75 Å². The highest BCUT2D eigenvalue weighted by molar-refractivity contribution is 7.92. The maximum atomic E-state index is 14.2. The molecule has 0 aromatic heterocycles. The monoisotopic (exact) mass is 579 g/mol. The van der Waals surface area contributed by atoms with E-state index >= 15 is 0 Å². The van der Waals surface area contributed by atoms with Crippen LogP contribution < -0.4 is 14.4 Å². The number of hydrogen-bond acceptors (Lipinski definition) is 5. The fourth-order valence-corrected chi connectivity index (χ4v) is 6.11. The van der Waals surface area contributed by atoms with Crippen LogP contribution in [0.2, 0.25) is 0 Å². The average Bonchev–Trinajstić information content (AvgIpc) is 2.96. The molecule has 2 amide bonds. The molecular weight excluding hydrogens is 538 g/mol. The third kappa shape index (κ3) is 7.88. The fraction of sp³-hybridized carbons (Fsp3) is 0.375. The van der Waals surface area contributed by atoms with Gasteiger partial charge >= 0.3 is 0 Å². The molecule has 0 radical (unpaired) electrons. The molecule has 0 spiro atoms. The topological polar surface area (TPSA) is 96.0 Å². The Balaban J connectivity index is 2.07. The minimum absolute atomic E-state index is 0.0698. The molecular formula is C32H41N3O5S. The number of nitrogens with one attached hydrogen (secondary N) is 1. The lowest BCUT2D eigenvalue weighted by Gasteiger charge is -2.34. The van der Waals surface area contributed by atoms with Crippen molar-refractivity contribution in [3.63, 3.8) is 0 Å². The number of aryl methyl sites for hydroxylation is 2. The summed E-state index contributed by atoms with van der Waals surface area (Å²) < 4.78 is 34.4. The Morgan fingerprint density at radius 2 is 1.59 bits per heavy atom. The summed E-state index contributed by atoms with van der Waals surface area (Å²) >= 11 is 0. The summed E-state index contributed by atoms with van der Waals surface area (Å²) in [6, 6.07) is 19.9. The average molecular weight is 580 g/mol. The van der Waals surface area contributed by atoms with Gasteiger partial charge < -0.3 is 15.0 Å². The van der Waals surface area contributed by atoms with Crippen LogP contribution in [0.3, 0.4) is 0 Å². The second kappa shape index (κ2) is 14.2. The Hall–Kier alpha value is -3.85. The third-order valence-electron chi connectivity index (χ3n) is 7.13. The molecule has 0 heterocycles. The molecule has 9 heteroatoms. The van der Waals surface area contributed by atoms with Gasteiger partial charge in [-0.3, -0.25) is 13.9 Å². The quantitative estimate of drug-likeness (QED) is 0.299. The van der Waals surface area contributed by atoms with E-state index in [-0.39, 0.29) is 23.4 Å². The summed E-state index contributed by atoms with van der Waals surface area (Å²) in [5.41, 5.74) is 2.90. The Kier molecular flexibility index (Phi) is 10.9. The van der Waals surface area contributed by atoms with Gasteiger partial charge in [0.05, 0.1) is 17.7 Å². The molecule has 3 aromatic carbocycles. The Bertz CT molecular complexity index is 1430. The standard InChI is InChI=1S/C32H41N3O5S/c1-7-25(5)33-32(37)29(8-2)34(21-26-15-17-27(40-6)18-16-26)31(36)22-35(30-19-14-23(3)20-24(30)4)41(38,39)28-12-10-9-11-13-28/h9-20,25,29H,7-8,21-22H2,1-6H3,(H,33,37)/t25-,29-/m0/s1. The summed E-state index contributed by atoms with van der Waals surface area (Å²) in [5, 5.41) is 2.99. The number of carbonyl (C=O) groups is 2. The van der Waals surface area contributed by atoms with Gasteiger partial charge in [-0.05, 0) is 75.1 Å². The normalized spacial score (nSPS) is 12.7. The molecule has 0 fully saturated rings. The van der Waals surface area contributed by atoms with Crippen LogP contribution in [-0.4, -0.2) is 50.9 Å². The Labute approximate surface area is 244 Å². The van der Waals surface area contributed by atoms with Crippen molar-refractivity contribution in [2.24, 2.45) is 0 Å². The minimum Gasteiger partial charge on any atom is -0.497 e. The van der Waals surface area contributed by atoms with Crippen LogP contribution in [0.25, 0.3) is 0 Å². The van der Waals surface area contributed by atoms with Gasteiger partial charge in [0.15, 0.2) is 0 Å². The van der Waals surface area contributed by atoms with E-state index in [2.05, 4.69) is 5.32 Å². The number of anilines is 1. The summed E-state index contributed by atoms with van der Waals surface area (Å²) in [6.45, 7) is 9.14. The van der Waals surface area contributed by atoms with Crippen molar-refractivity contribution in [2.45, 2.75) is 71.0 Å². The summed E-state index contributed by atoms with van der Waals surface area (Å²) in [5.74, 6) is -0.0812. The highest BCUT2D eigenvalue weighted by Crippen LogP contribution is 2.28. The van der Waals surface area contributed by atoms with Gasteiger partial charge in [0.25, 0.3) is 10.0 Å². The second-order valence-electron chi connectivity index (χ2n) is 10.2. The first-order valence-corrected chi connectivity index (χ1v) is 15.3. The molecule has 220 valence electrons. The molecule has 41 heavy (non-hydrogen) atoms. The van der Waals surface area contributed by atoms with E-state index in [4.69, 9.17) is 4.74 Å². The Morgan fingerprint density at radius 3 is 2.15 bits per heavy atom. The van der Waals surface area contributed by atoms with Crippen LogP contribution >= 0.6 is 0 Å². The molecule has 2 atom stereocenters. The summed E-state index contributed by atoms with van der Waals surface area (Å²) in [6.07, 6.45) is 1.10. The maximum absolute atomic E-state index is 14.2. The number of ether oxygens (including phenoxy) is 1. The van der Waals surface area contributed by atoms with E-state index in [9.17, 15) is 18.0 Å². The van der Waals surface area contributed by atoms with Crippen LogP contribution in [0.15, 0.2) is 77.7 Å². The third-order valence-corrected chi connectivity index (χ3v) is 8.90. The van der Waals surface area contributed by atoms with E-state index in [0.717, 1.165) is 27.4 Å². The molecule has 1 N–H and O–H groups in total. The zero-order chi connectivity index (χ0) is 30.2. The van der Waals surface area contributed by atoms with Crippen molar-refractivity contribution in [1.82, 2.24) is 10.2 Å². The Morgan fingerprint density at radius 1 is 0.927 bits per heavy atom. The number of nitrogens with zero attached hydrogens (tertiary/aromatic N) is 2. The zero-order valence-electron chi connectivity index (χ0n) is 24.8. The molecule has 0 aliphatic carbocycles. The van der Waals surface area contributed by atoms with Crippen molar-refractivity contribution >= 4 is 27.5 Å². The molecule has 0 unspecified atom stereocenters. The van der Waals surface area contributed by atoms with Gasteiger partial charge in [-0.1, -0.05) is 61.9 Å². The van der Waals surface area contributed by atoms with Gasteiger partial charge in [-0.25, -0.2) is 8.42 Å². The number of rotatable bonds is 13. The number of carbonyl (C=O) groups excluding carboxylic acids is 2. The van der Waals surface area contributed by atoms with Crippen LogP contribution in [0.1, 0.15) is 50.3 Å². The minimum atomic E-state index is -4.11. The van der Waals surface area contributed by atoms with E-state index in [1.165, 1.54) is 17.0 Å². The molecule has 0 aliphatic rings. The van der Waals surface area contributed by atoms with Gasteiger partial charge in [0.2, 0.25) is 11.8 Å². The smallest absolute Gasteiger partial charge is 0.264 e. The molecule has 0 aliphatic heterocycles. The van der Waals surface area contributed by atoms with Crippen molar-refractivity contribution in [3.8, 4) is 5.75 Å². The first-order valence-electron chi connectivity index (χ1n) is 13.9. The van der Waals surface area contributed by atoms with E-state index in [1.54, 1.807) is 43.5 Å². The van der Waals surface area contributed by atoms with Crippen LogP contribution in [-0.2, 0) is 26.2 Å². The number of sulfonamides is 1. The molecule has 0 saturated carbocycles. The van der Waals surface area contributed by atoms with E-state index < -0.39 is 28.5 Å². The van der Waals surface area contributed by atoms with Crippen LogP contribution in [0, 0.1) is 13.8 Å². The molecule has 3 rings (SSSR count). The molecule has 0 bridgehead atoms. The number of methoxy groups -OCH3 is 1.